The summed E-state index contributed by atoms with van der Waals surface area (Å²) in [6.45, 7) is 6.10. The van der Waals surface area contributed by atoms with Crippen LogP contribution in [0.5, 0.6) is 0 Å². The van der Waals surface area contributed by atoms with E-state index in [1.807, 2.05) is 23.8 Å². The minimum Gasteiger partial charge on any atom is -0.320 e. The van der Waals surface area contributed by atoms with Crippen LogP contribution in [0.25, 0.3) is 5.69 Å². The van der Waals surface area contributed by atoms with Crippen molar-refractivity contribution >= 4 is 21.7 Å². The summed E-state index contributed by atoms with van der Waals surface area (Å²) in [7, 11) is 0. The Morgan fingerprint density at radius 1 is 1.29 bits per heavy atom. The van der Waals surface area contributed by atoms with E-state index in [4.69, 9.17) is 0 Å². The fourth-order valence-electron chi connectivity index (χ4n) is 3.07. The monoisotopic (exact) mass is 349 g/mol. The number of aryl methyl sites for hydroxylation is 1. The minimum absolute atomic E-state index is 0.0364. The van der Waals surface area contributed by atoms with Gasteiger partial charge in [0, 0.05) is 29.6 Å². The standard InChI is InChI=1S/C17H17BrFNO/c1-10-6-13(19)12(18)7-14(10)20-5-4-11-15(20)8-17(2,3)9-16(11)21/h4-7H,8-9H2,1-3H3. The van der Waals surface area contributed by atoms with Crippen molar-refractivity contribution in [2.24, 2.45) is 5.41 Å². The molecule has 0 atom stereocenters. The number of hydrogen-bond acceptors (Lipinski definition) is 1. The Kier molecular flexibility index (Phi) is 3.32. The molecule has 2 aromatic rings. The Hall–Kier alpha value is -1.42. The summed E-state index contributed by atoms with van der Waals surface area (Å²) in [6, 6.07) is 5.17. The lowest BCUT2D eigenvalue weighted by molar-refractivity contribution is 0.0911. The molecule has 0 spiro atoms. The SMILES string of the molecule is Cc1cc(F)c(Br)cc1-n1ccc2c1CC(C)(C)CC2=O. The first kappa shape index (κ1) is 14.5. The molecular formula is C17H17BrFNO. The number of carbonyl (C=O) groups excluding carboxylic acids is 1. The fraction of sp³-hybridized carbons (Fsp3) is 0.353. The van der Waals surface area contributed by atoms with E-state index in [1.54, 1.807) is 6.07 Å². The summed E-state index contributed by atoms with van der Waals surface area (Å²) in [6.07, 6.45) is 3.34. The average Bonchev–Trinajstić information content (AvgIpc) is 2.76. The van der Waals surface area contributed by atoms with Crippen molar-refractivity contribution in [1.82, 2.24) is 4.57 Å². The van der Waals surface area contributed by atoms with Crippen LogP contribution in [0, 0.1) is 18.2 Å². The van der Waals surface area contributed by atoms with E-state index in [0.717, 1.165) is 28.9 Å². The highest BCUT2D eigenvalue weighted by molar-refractivity contribution is 9.10. The number of hydrogen-bond donors (Lipinski definition) is 0. The molecule has 110 valence electrons. The van der Waals surface area contributed by atoms with Gasteiger partial charge in [-0.15, -0.1) is 0 Å². The molecule has 3 rings (SSSR count). The highest BCUT2D eigenvalue weighted by Gasteiger charge is 2.33. The number of Topliss-reactive ketones (excluding diaryl/α,β-unsaturated/α-hetero) is 1. The van der Waals surface area contributed by atoms with Crippen LogP contribution in [0.3, 0.4) is 0 Å². The number of aromatic nitrogens is 1. The first-order valence-corrected chi connectivity index (χ1v) is 7.77. The molecule has 0 unspecified atom stereocenters. The summed E-state index contributed by atoms with van der Waals surface area (Å²) in [5.41, 5.74) is 3.55. The van der Waals surface area contributed by atoms with Gasteiger partial charge in [-0.3, -0.25) is 4.79 Å². The van der Waals surface area contributed by atoms with E-state index in [-0.39, 0.29) is 17.0 Å². The van der Waals surface area contributed by atoms with Crippen LogP contribution in [-0.2, 0) is 6.42 Å². The predicted molar refractivity (Wildman–Crippen MR) is 84.6 cm³/mol. The van der Waals surface area contributed by atoms with Crippen molar-refractivity contribution in [3.8, 4) is 5.69 Å². The molecule has 0 N–H and O–H groups in total. The van der Waals surface area contributed by atoms with Gasteiger partial charge in [-0.25, -0.2) is 4.39 Å². The lowest BCUT2D eigenvalue weighted by Gasteiger charge is -2.30. The summed E-state index contributed by atoms with van der Waals surface area (Å²) in [5.74, 6) is -0.0764. The van der Waals surface area contributed by atoms with Gasteiger partial charge in [0.2, 0.25) is 0 Å². The van der Waals surface area contributed by atoms with Crippen LogP contribution in [0.4, 0.5) is 4.39 Å². The fourth-order valence-corrected chi connectivity index (χ4v) is 3.40. The quantitative estimate of drug-likeness (QED) is 0.721. The van der Waals surface area contributed by atoms with Gasteiger partial charge < -0.3 is 4.57 Å². The maximum Gasteiger partial charge on any atom is 0.165 e. The highest BCUT2D eigenvalue weighted by Crippen LogP contribution is 2.37. The molecule has 0 radical (unpaired) electrons. The Bertz CT molecular complexity index is 745. The van der Waals surface area contributed by atoms with Gasteiger partial charge in [0.05, 0.1) is 4.47 Å². The van der Waals surface area contributed by atoms with Crippen LogP contribution in [0.15, 0.2) is 28.9 Å². The number of carbonyl (C=O) groups is 1. The molecule has 0 fully saturated rings. The van der Waals surface area contributed by atoms with Gasteiger partial charge in [0.15, 0.2) is 5.78 Å². The number of fused-ring (bicyclic) bond motifs is 1. The molecule has 0 saturated carbocycles. The van der Waals surface area contributed by atoms with E-state index in [1.165, 1.54) is 6.07 Å². The Balaban J connectivity index is 2.19. The van der Waals surface area contributed by atoms with Crippen LogP contribution < -0.4 is 0 Å². The third-order valence-corrected chi connectivity index (χ3v) is 4.68. The summed E-state index contributed by atoms with van der Waals surface area (Å²) in [5, 5.41) is 0. The molecule has 0 amide bonds. The van der Waals surface area contributed by atoms with Crippen molar-refractivity contribution in [2.75, 3.05) is 0 Å². The third kappa shape index (κ3) is 2.46. The number of ketones is 1. The van der Waals surface area contributed by atoms with Crippen LogP contribution in [0.1, 0.15) is 41.9 Å². The molecule has 0 bridgehead atoms. The van der Waals surface area contributed by atoms with E-state index < -0.39 is 0 Å². The second-order valence-electron chi connectivity index (χ2n) is 6.54. The normalized spacial score (nSPS) is 16.9. The van der Waals surface area contributed by atoms with Crippen molar-refractivity contribution in [3.63, 3.8) is 0 Å². The van der Waals surface area contributed by atoms with Crippen LogP contribution >= 0.6 is 15.9 Å². The minimum atomic E-state index is -0.270. The number of rotatable bonds is 1. The third-order valence-electron chi connectivity index (χ3n) is 4.08. The van der Waals surface area contributed by atoms with E-state index in [2.05, 4.69) is 29.8 Å². The predicted octanol–water partition coefficient (Wildman–Crippen LogP) is 4.84. The van der Waals surface area contributed by atoms with E-state index in [0.29, 0.717) is 10.9 Å². The van der Waals surface area contributed by atoms with Gasteiger partial charge in [0.25, 0.3) is 0 Å². The Morgan fingerprint density at radius 3 is 2.71 bits per heavy atom. The van der Waals surface area contributed by atoms with Gasteiger partial charge in [-0.05, 0) is 58.5 Å². The summed E-state index contributed by atoms with van der Waals surface area (Å²) in [4.78, 5) is 12.3. The lowest BCUT2D eigenvalue weighted by atomic mass is 9.76. The zero-order chi connectivity index (χ0) is 15.4. The molecule has 0 saturated heterocycles. The average molecular weight is 350 g/mol. The van der Waals surface area contributed by atoms with Gasteiger partial charge >= 0.3 is 0 Å². The molecule has 1 heterocycles. The van der Waals surface area contributed by atoms with Crippen molar-refractivity contribution in [2.45, 2.75) is 33.6 Å². The Morgan fingerprint density at radius 2 is 2.00 bits per heavy atom. The van der Waals surface area contributed by atoms with Crippen LogP contribution in [0.2, 0.25) is 0 Å². The van der Waals surface area contributed by atoms with E-state index >= 15 is 0 Å². The molecular weight excluding hydrogens is 333 g/mol. The number of nitrogens with zero attached hydrogens (tertiary/aromatic N) is 1. The first-order chi connectivity index (χ1) is 9.78. The molecule has 1 aromatic carbocycles. The topological polar surface area (TPSA) is 22.0 Å². The van der Waals surface area contributed by atoms with Crippen molar-refractivity contribution < 1.29 is 9.18 Å². The lowest BCUT2D eigenvalue weighted by Crippen LogP contribution is -2.27. The summed E-state index contributed by atoms with van der Waals surface area (Å²) < 4.78 is 16.1. The maximum atomic E-state index is 13.6. The van der Waals surface area contributed by atoms with Crippen molar-refractivity contribution in [3.05, 3.63) is 51.5 Å². The maximum absolute atomic E-state index is 13.6. The van der Waals surface area contributed by atoms with E-state index in [9.17, 15) is 9.18 Å². The second-order valence-corrected chi connectivity index (χ2v) is 7.39. The molecule has 0 aliphatic heterocycles. The molecule has 21 heavy (non-hydrogen) atoms. The van der Waals surface area contributed by atoms with Crippen LogP contribution in [-0.4, -0.2) is 10.4 Å². The van der Waals surface area contributed by atoms with Crippen molar-refractivity contribution in [1.29, 1.82) is 0 Å². The second kappa shape index (κ2) is 4.80. The first-order valence-electron chi connectivity index (χ1n) is 6.98. The van der Waals surface area contributed by atoms with Gasteiger partial charge in [-0.2, -0.15) is 0 Å². The zero-order valence-electron chi connectivity index (χ0n) is 12.3. The largest absolute Gasteiger partial charge is 0.320 e. The number of halogens is 2. The summed E-state index contributed by atoms with van der Waals surface area (Å²) >= 11 is 3.24. The number of benzene rings is 1. The van der Waals surface area contributed by atoms with Gasteiger partial charge in [0.1, 0.15) is 5.82 Å². The van der Waals surface area contributed by atoms with Gasteiger partial charge in [-0.1, -0.05) is 13.8 Å². The molecule has 1 aliphatic carbocycles. The molecule has 4 heteroatoms. The Labute approximate surface area is 132 Å². The molecule has 2 nitrogen and oxygen atoms in total. The molecule has 1 aromatic heterocycles. The molecule has 1 aliphatic rings. The zero-order valence-corrected chi connectivity index (χ0v) is 13.9. The highest BCUT2D eigenvalue weighted by atomic mass is 79.9. The smallest absolute Gasteiger partial charge is 0.165 e.